The zero-order valence-electron chi connectivity index (χ0n) is 16.7. The minimum absolute atomic E-state index is 0.140. The standard InChI is InChI=1S/C25H21ClN2O3/c26-16-5-1-15(2-6-16)13-31-17-7-3-14(4-8-17)12-27-28-24(29)22-18-9-10-19(21-11-20(18)21)23(22)25(28)30/h1-10,12,18-23H,11,13H2/b27-12-/t18-,19-,20-,21+,22+,23-/m1/s1. The van der Waals surface area contributed by atoms with Crippen molar-refractivity contribution in [1.82, 2.24) is 5.01 Å². The fraction of sp³-hybridized carbons (Fsp3) is 0.320. The molecule has 2 saturated carbocycles. The van der Waals surface area contributed by atoms with Crippen molar-refractivity contribution in [2.45, 2.75) is 13.0 Å². The first-order valence-electron chi connectivity index (χ1n) is 10.7. The molecule has 7 rings (SSSR count). The van der Waals surface area contributed by atoms with E-state index in [2.05, 4.69) is 17.3 Å². The number of hydrazone groups is 1. The molecular weight excluding hydrogens is 412 g/mol. The normalized spacial score (nSPS) is 32.5. The lowest BCUT2D eigenvalue weighted by atomic mass is 9.63. The molecule has 31 heavy (non-hydrogen) atoms. The summed E-state index contributed by atoms with van der Waals surface area (Å²) in [4.78, 5) is 25.9. The second kappa shape index (κ2) is 7.06. The van der Waals surface area contributed by atoms with Gasteiger partial charge >= 0.3 is 0 Å². The van der Waals surface area contributed by atoms with Crippen LogP contribution in [0.5, 0.6) is 5.75 Å². The number of nitrogens with zero attached hydrogens (tertiary/aromatic N) is 2. The third-order valence-corrected chi connectivity index (χ3v) is 7.41. The van der Waals surface area contributed by atoms with Crippen LogP contribution >= 0.6 is 11.6 Å². The third-order valence-electron chi connectivity index (χ3n) is 7.16. The van der Waals surface area contributed by atoms with E-state index in [0.717, 1.165) is 28.3 Å². The Bertz CT molecular complexity index is 1070. The first kappa shape index (κ1) is 18.8. The average Bonchev–Trinajstić information content (AvgIpc) is 3.57. The van der Waals surface area contributed by atoms with Crippen molar-refractivity contribution >= 4 is 29.6 Å². The fourth-order valence-corrected chi connectivity index (χ4v) is 5.70. The van der Waals surface area contributed by atoms with Crippen molar-refractivity contribution in [3.05, 3.63) is 76.8 Å². The molecule has 156 valence electrons. The molecule has 2 aromatic rings. The van der Waals surface area contributed by atoms with Crippen molar-refractivity contribution < 1.29 is 14.3 Å². The van der Waals surface area contributed by atoms with E-state index in [1.165, 1.54) is 0 Å². The van der Waals surface area contributed by atoms with Gasteiger partial charge in [-0.3, -0.25) is 9.59 Å². The minimum Gasteiger partial charge on any atom is -0.489 e. The van der Waals surface area contributed by atoms with Crippen LogP contribution in [0, 0.1) is 35.5 Å². The van der Waals surface area contributed by atoms with E-state index in [4.69, 9.17) is 16.3 Å². The molecule has 5 nitrogen and oxygen atoms in total. The van der Waals surface area contributed by atoms with Gasteiger partial charge in [-0.25, -0.2) is 0 Å². The van der Waals surface area contributed by atoms with Gasteiger partial charge in [0.2, 0.25) is 0 Å². The largest absolute Gasteiger partial charge is 0.489 e. The van der Waals surface area contributed by atoms with Gasteiger partial charge in [0.1, 0.15) is 12.4 Å². The lowest BCUT2D eigenvalue weighted by Gasteiger charge is -2.37. The molecular formula is C25H21ClN2O3. The van der Waals surface area contributed by atoms with E-state index < -0.39 is 0 Å². The number of carbonyl (C=O) groups excluding carboxylic acids is 2. The minimum atomic E-state index is -0.216. The first-order chi connectivity index (χ1) is 15.1. The monoisotopic (exact) mass is 432 g/mol. The number of carbonyl (C=O) groups is 2. The smallest absolute Gasteiger partial charge is 0.254 e. The molecule has 5 aliphatic rings. The molecule has 0 N–H and O–H groups in total. The molecule has 1 saturated heterocycles. The molecule has 2 bridgehead atoms. The Morgan fingerprint density at radius 1 is 0.935 bits per heavy atom. The average molecular weight is 433 g/mol. The Kier molecular flexibility index (Phi) is 4.29. The zero-order chi connectivity index (χ0) is 21.1. The molecule has 2 amide bonds. The van der Waals surface area contributed by atoms with Crippen molar-refractivity contribution in [2.75, 3.05) is 0 Å². The second-order valence-corrected chi connectivity index (χ2v) is 9.31. The number of hydrogen-bond acceptors (Lipinski definition) is 4. The predicted octanol–water partition coefficient (Wildman–Crippen LogP) is 4.31. The molecule has 2 aromatic carbocycles. The molecule has 1 heterocycles. The van der Waals surface area contributed by atoms with Crippen LogP contribution in [0.2, 0.25) is 5.02 Å². The summed E-state index contributed by atoms with van der Waals surface area (Å²) < 4.78 is 5.79. The van der Waals surface area contributed by atoms with Gasteiger partial charge in [-0.15, -0.1) is 0 Å². The van der Waals surface area contributed by atoms with Crippen LogP contribution in [0.15, 0.2) is 65.8 Å². The highest BCUT2D eigenvalue weighted by molar-refractivity contribution is 6.30. The Labute approximate surface area is 185 Å². The van der Waals surface area contributed by atoms with Crippen molar-refractivity contribution in [1.29, 1.82) is 0 Å². The molecule has 4 aliphatic carbocycles. The number of allylic oxidation sites excluding steroid dienone is 2. The van der Waals surface area contributed by atoms with Crippen molar-refractivity contribution in [3.8, 4) is 5.75 Å². The number of halogens is 1. The lowest BCUT2D eigenvalue weighted by Crippen LogP contribution is -2.40. The number of hydrogen-bond donors (Lipinski definition) is 0. The third kappa shape index (κ3) is 3.10. The summed E-state index contributed by atoms with van der Waals surface area (Å²) in [7, 11) is 0. The highest BCUT2D eigenvalue weighted by Gasteiger charge is 2.67. The van der Waals surface area contributed by atoms with Crippen LogP contribution in [-0.4, -0.2) is 23.0 Å². The van der Waals surface area contributed by atoms with Crippen LogP contribution in [0.3, 0.4) is 0 Å². The van der Waals surface area contributed by atoms with Crippen molar-refractivity contribution in [2.24, 2.45) is 40.6 Å². The summed E-state index contributed by atoms with van der Waals surface area (Å²) in [5.74, 6) is 1.64. The fourth-order valence-electron chi connectivity index (χ4n) is 5.58. The molecule has 1 aliphatic heterocycles. The van der Waals surface area contributed by atoms with Gasteiger partial charge in [-0.2, -0.15) is 10.1 Å². The quantitative estimate of drug-likeness (QED) is 0.402. The predicted molar refractivity (Wildman–Crippen MR) is 116 cm³/mol. The van der Waals surface area contributed by atoms with E-state index in [1.54, 1.807) is 6.21 Å². The lowest BCUT2D eigenvalue weighted by molar-refractivity contribution is -0.140. The summed E-state index contributed by atoms with van der Waals surface area (Å²) in [6, 6.07) is 14.9. The SMILES string of the molecule is O=C1[C@@H]2[C@@H]3C=C[C@H]([C@H]4C[C@@H]34)[C@@H]2C(=O)N1/N=C\c1ccc(OCc2ccc(Cl)cc2)cc1. The van der Waals surface area contributed by atoms with E-state index >= 15 is 0 Å². The summed E-state index contributed by atoms with van der Waals surface area (Å²) in [5, 5.41) is 6.08. The molecule has 3 fully saturated rings. The number of benzene rings is 2. The summed E-state index contributed by atoms with van der Waals surface area (Å²) >= 11 is 5.90. The van der Waals surface area contributed by atoms with Crippen LogP contribution in [-0.2, 0) is 16.2 Å². The number of rotatable bonds is 5. The topological polar surface area (TPSA) is 59.0 Å². The van der Waals surface area contributed by atoms with Crippen molar-refractivity contribution in [3.63, 3.8) is 0 Å². The van der Waals surface area contributed by atoms with Gasteiger partial charge in [0.15, 0.2) is 0 Å². The van der Waals surface area contributed by atoms with Gasteiger partial charge in [0, 0.05) is 5.02 Å². The summed E-state index contributed by atoms with van der Waals surface area (Å²) in [5.41, 5.74) is 1.84. The van der Waals surface area contributed by atoms with Crippen LogP contribution < -0.4 is 4.74 Å². The van der Waals surface area contributed by atoms with Crippen LogP contribution in [0.1, 0.15) is 17.5 Å². The maximum absolute atomic E-state index is 12.9. The maximum atomic E-state index is 12.9. The highest BCUT2D eigenvalue weighted by Crippen LogP contribution is 2.65. The molecule has 6 heteroatoms. The van der Waals surface area contributed by atoms with Gasteiger partial charge in [0.25, 0.3) is 11.8 Å². The van der Waals surface area contributed by atoms with E-state index in [0.29, 0.717) is 23.5 Å². The zero-order valence-corrected chi connectivity index (χ0v) is 17.5. The van der Waals surface area contributed by atoms with E-state index in [-0.39, 0.29) is 35.5 Å². The van der Waals surface area contributed by atoms with Gasteiger partial charge < -0.3 is 4.74 Å². The molecule has 0 aromatic heterocycles. The van der Waals surface area contributed by atoms with Crippen LogP contribution in [0.4, 0.5) is 0 Å². The number of ether oxygens (including phenoxy) is 1. The molecule has 6 atom stereocenters. The Hall–Kier alpha value is -2.92. The van der Waals surface area contributed by atoms with Gasteiger partial charge in [-0.1, -0.05) is 35.9 Å². The van der Waals surface area contributed by atoms with E-state index in [1.807, 2.05) is 48.5 Å². The Balaban J connectivity index is 1.12. The second-order valence-electron chi connectivity index (χ2n) is 8.87. The highest BCUT2D eigenvalue weighted by atomic mass is 35.5. The van der Waals surface area contributed by atoms with Gasteiger partial charge in [-0.05, 0) is 77.6 Å². The Morgan fingerprint density at radius 2 is 1.55 bits per heavy atom. The summed E-state index contributed by atoms with van der Waals surface area (Å²) in [6.45, 7) is 0.447. The Morgan fingerprint density at radius 3 is 2.16 bits per heavy atom. The number of amides is 2. The van der Waals surface area contributed by atoms with Crippen LogP contribution in [0.25, 0.3) is 0 Å². The van der Waals surface area contributed by atoms with Gasteiger partial charge in [0.05, 0.1) is 18.1 Å². The number of imide groups is 1. The first-order valence-corrected chi connectivity index (χ1v) is 11.1. The summed E-state index contributed by atoms with van der Waals surface area (Å²) in [6.07, 6.45) is 7.07. The maximum Gasteiger partial charge on any atom is 0.254 e. The molecule has 0 spiro atoms. The molecule has 0 radical (unpaired) electrons. The molecule has 0 unspecified atom stereocenters. The van der Waals surface area contributed by atoms with E-state index in [9.17, 15) is 9.59 Å².